The normalized spacial score (nSPS) is 15.7. The van der Waals surface area contributed by atoms with Gasteiger partial charge < -0.3 is 30.3 Å². The highest BCUT2D eigenvalue weighted by Gasteiger charge is 2.27. The number of nitrogens with zero attached hydrogens (tertiary/aromatic N) is 3. The number of hydrogen-bond acceptors (Lipinski definition) is 9. The van der Waals surface area contributed by atoms with E-state index in [-0.39, 0.29) is 43.0 Å². The lowest BCUT2D eigenvalue weighted by Gasteiger charge is -2.14. The number of anilines is 1. The van der Waals surface area contributed by atoms with Gasteiger partial charge in [0.05, 0.1) is 19.8 Å². The Balaban J connectivity index is 0.000000777. The van der Waals surface area contributed by atoms with Crippen LogP contribution in [0.1, 0.15) is 23.2 Å². The maximum atomic E-state index is 12.6. The number of halogens is 3. The van der Waals surface area contributed by atoms with Crippen LogP contribution in [-0.2, 0) is 4.74 Å². The second kappa shape index (κ2) is 18.3. The zero-order chi connectivity index (χ0) is 28.2. The number of fused-ring (bicyclic) bond motifs is 2. The van der Waals surface area contributed by atoms with E-state index in [1.807, 2.05) is 36.4 Å². The summed E-state index contributed by atoms with van der Waals surface area (Å²) in [5.41, 5.74) is 0.337. The summed E-state index contributed by atoms with van der Waals surface area (Å²) < 4.78 is 48.6. The van der Waals surface area contributed by atoms with E-state index < -0.39 is 18.7 Å². The Hall–Kier alpha value is -3.97. The number of alkyl halides is 3. The van der Waals surface area contributed by atoms with E-state index in [0.29, 0.717) is 25.1 Å². The molecule has 2 aromatic rings. The van der Waals surface area contributed by atoms with Crippen molar-refractivity contribution in [3.05, 3.63) is 60.2 Å². The molecule has 1 aliphatic rings. The molecule has 208 valence electrons. The standard InChI is InChI=1S/C18H22F3N5O4.C6H6.CH4O/c1-22-16-25-12-4-5-13(15(27)28)14(10-12)30-8-3-2-7-29-9-6-23-17(26-16)24-11-18(19,20)21;1-2-4-6-5-3-1;1-2/h4-5,10H,1-3,6-9,11H2,(H,27,28)(H2,23,24,25,26);1-6H;2H,1H3. The molecule has 13 heteroatoms. The summed E-state index contributed by atoms with van der Waals surface area (Å²) in [5.74, 6) is -1.45. The number of carbonyl (C=O) groups is 1. The number of aliphatic hydroxyl groups is 1. The van der Waals surface area contributed by atoms with Crippen LogP contribution in [0.2, 0.25) is 0 Å². The van der Waals surface area contributed by atoms with Gasteiger partial charge in [-0.3, -0.25) is 0 Å². The number of carboxylic acid groups (broad SMARTS) is 1. The van der Waals surface area contributed by atoms with Gasteiger partial charge in [0.2, 0.25) is 11.9 Å². The van der Waals surface area contributed by atoms with Crippen LogP contribution in [0.5, 0.6) is 5.75 Å². The third kappa shape index (κ3) is 13.9. The summed E-state index contributed by atoms with van der Waals surface area (Å²) >= 11 is 0. The van der Waals surface area contributed by atoms with Crippen LogP contribution < -0.4 is 15.4 Å². The number of benzene rings is 2. The highest BCUT2D eigenvalue weighted by Crippen LogP contribution is 2.24. The Labute approximate surface area is 218 Å². The van der Waals surface area contributed by atoms with Crippen molar-refractivity contribution in [3.8, 4) is 5.75 Å². The van der Waals surface area contributed by atoms with Crippen molar-refractivity contribution >= 4 is 30.3 Å². The van der Waals surface area contributed by atoms with Gasteiger partial charge in [-0.1, -0.05) is 36.4 Å². The average molecular weight is 540 g/mol. The van der Waals surface area contributed by atoms with Gasteiger partial charge in [-0.05, 0) is 31.7 Å². The molecule has 0 saturated carbocycles. The molecule has 0 aromatic heterocycles. The summed E-state index contributed by atoms with van der Waals surface area (Å²) in [5, 5.41) is 21.2. The second-order valence-corrected chi connectivity index (χ2v) is 7.23. The maximum Gasteiger partial charge on any atom is 0.405 e. The van der Waals surface area contributed by atoms with Crippen LogP contribution in [0.3, 0.4) is 0 Å². The molecule has 0 unspecified atom stereocenters. The Bertz CT molecular complexity index is 1010. The lowest BCUT2D eigenvalue weighted by molar-refractivity contribution is -0.122. The van der Waals surface area contributed by atoms with Crippen molar-refractivity contribution in [2.45, 2.75) is 19.0 Å². The monoisotopic (exact) mass is 539 g/mol. The smallest absolute Gasteiger partial charge is 0.405 e. The molecular formula is C25H32F3N5O5. The lowest BCUT2D eigenvalue weighted by atomic mass is 10.2. The maximum absolute atomic E-state index is 12.6. The molecule has 3 rings (SSSR count). The summed E-state index contributed by atoms with van der Waals surface area (Å²) in [4.78, 5) is 23.0. The van der Waals surface area contributed by atoms with Gasteiger partial charge in [0.25, 0.3) is 0 Å². The van der Waals surface area contributed by atoms with Crippen molar-refractivity contribution in [2.75, 3.05) is 45.3 Å². The first-order valence-corrected chi connectivity index (χ1v) is 11.5. The fourth-order valence-electron chi connectivity index (χ4n) is 2.73. The van der Waals surface area contributed by atoms with Gasteiger partial charge in [0.1, 0.15) is 17.9 Å². The summed E-state index contributed by atoms with van der Waals surface area (Å²) in [6.45, 7) is 3.00. The van der Waals surface area contributed by atoms with Crippen LogP contribution in [-0.4, -0.2) is 81.0 Å². The number of aromatic carboxylic acids is 1. The second-order valence-electron chi connectivity index (χ2n) is 7.23. The van der Waals surface area contributed by atoms with Gasteiger partial charge >= 0.3 is 12.1 Å². The van der Waals surface area contributed by atoms with Crippen LogP contribution >= 0.6 is 0 Å². The Morgan fingerprint density at radius 2 is 1.74 bits per heavy atom. The van der Waals surface area contributed by atoms with Gasteiger partial charge in [0, 0.05) is 25.5 Å². The molecule has 38 heavy (non-hydrogen) atoms. The van der Waals surface area contributed by atoms with Crippen molar-refractivity contribution in [3.63, 3.8) is 0 Å². The molecule has 10 nitrogen and oxygen atoms in total. The van der Waals surface area contributed by atoms with E-state index in [2.05, 4.69) is 32.3 Å². The first kappa shape index (κ1) is 32.1. The molecule has 0 spiro atoms. The average Bonchev–Trinajstić information content (AvgIpc) is 2.91. The minimum absolute atomic E-state index is 0.0305. The minimum atomic E-state index is -4.46. The number of aliphatic imine (C=N–C) groups is 3. The van der Waals surface area contributed by atoms with E-state index >= 15 is 0 Å². The van der Waals surface area contributed by atoms with Crippen molar-refractivity contribution < 1.29 is 37.7 Å². The number of hydrogen-bond donors (Lipinski definition) is 4. The lowest BCUT2D eigenvalue weighted by Crippen LogP contribution is -2.34. The van der Waals surface area contributed by atoms with Crippen LogP contribution in [0.15, 0.2) is 69.6 Å². The number of ether oxygens (including phenoxy) is 2. The van der Waals surface area contributed by atoms with Gasteiger partial charge in [-0.25, -0.2) is 14.8 Å². The quantitative estimate of drug-likeness (QED) is 0.426. The third-order valence-electron chi connectivity index (χ3n) is 4.38. The fraction of sp³-hybridized carbons (Fsp3) is 0.360. The van der Waals surface area contributed by atoms with Crippen LogP contribution in [0, 0.1) is 0 Å². The molecule has 0 fully saturated rings. The minimum Gasteiger partial charge on any atom is -0.493 e. The molecule has 1 heterocycles. The van der Waals surface area contributed by atoms with E-state index in [1.54, 1.807) is 0 Å². The highest BCUT2D eigenvalue weighted by atomic mass is 19.4. The van der Waals surface area contributed by atoms with Crippen LogP contribution in [0.4, 0.5) is 18.9 Å². The highest BCUT2D eigenvalue weighted by molar-refractivity contribution is 6.04. The fourth-order valence-corrected chi connectivity index (χ4v) is 2.73. The first-order valence-electron chi connectivity index (χ1n) is 11.5. The Morgan fingerprint density at radius 1 is 1.11 bits per heavy atom. The summed E-state index contributed by atoms with van der Waals surface area (Å²) in [6.07, 6.45) is -3.18. The molecule has 4 N–H and O–H groups in total. The van der Waals surface area contributed by atoms with Crippen molar-refractivity contribution in [1.82, 2.24) is 5.32 Å². The molecule has 2 bridgehead atoms. The van der Waals surface area contributed by atoms with Crippen molar-refractivity contribution in [2.24, 2.45) is 15.0 Å². The third-order valence-corrected chi connectivity index (χ3v) is 4.38. The number of nitrogens with one attached hydrogen (secondary N) is 2. The predicted octanol–water partition coefficient (Wildman–Crippen LogP) is 3.85. The first-order chi connectivity index (χ1) is 18.3. The summed E-state index contributed by atoms with van der Waals surface area (Å²) in [6, 6.07) is 16.2. The van der Waals surface area contributed by atoms with Gasteiger partial charge in [0.15, 0.2) is 0 Å². The number of rotatable bonds is 2. The molecule has 1 aliphatic heterocycles. The largest absolute Gasteiger partial charge is 0.493 e. The van der Waals surface area contributed by atoms with Gasteiger partial charge in [-0.2, -0.15) is 18.2 Å². The predicted molar refractivity (Wildman–Crippen MR) is 141 cm³/mol. The van der Waals surface area contributed by atoms with Crippen LogP contribution in [0.25, 0.3) is 0 Å². The topological polar surface area (TPSA) is 137 Å². The number of aliphatic hydroxyl groups excluding tert-OH is 1. The number of carboxylic acids is 1. The van der Waals surface area contributed by atoms with E-state index in [1.165, 1.54) is 18.2 Å². The zero-order valence-corrected chi connectivity index (χ0v) is 20.9. The number of guanidine groups is 2. The molecule has 0 saturated heterocycles. The van der Waals surface area contributed by atoms with Gasteiger partial charge in [-0.15, -0.1) is 0 Å². The molecule has 2 aromatic carbocycles. The Morgan fingerprint density at radius 3 is 2.32 bits per heavy atom. The molecule has 0 atom stereocenters. The van der Waals surface area contributed by atoms with Crippen molar-refractivity contribution in [1.29, 1.82) is 0 Å². The van der Waals surface area contributed by atoms with E-state index in [4.69, 9.17) is 14.6 Å². The summed E-state index contributed by atoms with van der Waals surface area (Å²) in [7, 11) is 1.00. The molecule has 0 aliphatic carbocycles. The SMILES string of the molecule is C=N/C1=N\C(NCC(F)(F)F)=NCCOCCCCOc2cc(ccc2C(=O)O)N1.CO.c1ccccc1. The molecular weight excluding hydrogens is 507 g/mol. The Kier molecular flexibility index (Phi) is 15.4. The van der Waals surface area contributed by atoms with E-state index in [0.717, 1.165) is 7.11 Å². The molecule has 0 radical (unpaired) electrons. The molecule has 0 amide bonds. The zero-order valence-electron chi connectivity index (χ0n) is 20.9. The van der Waals surface area contributed by atoms with E-state index in [9.17, 15) is 23.1 Å².